The minimum Gasteiger partial charge on any atom is -0.369 e. The van der Waals surface area contributed by atoms with Gasteiger partial charge in [0.2, 0.25) is 5.91 Å². The lowest BCUT2D eigenvalue weighted by Gasteiger charge is -1.99. The minimum atomic E-state index is -0.395. The maximum absolute atomic E-state index is 12.6. The van der Waals surface area contributed by atoms with Crippen LogP contribution >= 0.6 is 46.0 Å². The molecule has 2 aromatic heterocycles. The van der Waals surface area contributed by atoms with Gasteiger partial charge >= 0.3 is 0 Å². The number of primary amides is 1. The van der Waals surface area contributed by atoms with Crippen LogP contribution in [0.5, 0.6) is 0 Å². The van der Waals surface area contributed by atoms with Gasteiger partial charge in [0.25, 0.3) is 5.91 Å². The van der Waals surface area contributed by atoms with Crippen molar-refractivity contribution in [3.05, 3.63) is 45.6 Å². The second-order valence-electron chi connectivity index (χ2n) is 5.54. The monoisotopic (exact) mass is 438 g/mol. The number of anilines is 1. The van der Waals surface area contributed by atoms with E-state index in [-0.39, 0.29) is 11.7 Å². The average Bonchev–Trinajstić information content (AvgIpc) is 3.16. The Kier molecular flexibility index (Phi) is 6.15. The van der Waals surface area contributed by atoms with Crippen LogP contribution in [0.4, 0.5) is 5.13 Å². The third-order valence-electron chi connectivity index (χ3n) is 3.41. The fourth-order valence-corrected chi connectivity index (χ4v) is 5.15. The average molecular weight is 439 g/mol. The highest BCUT2D eigenvalue weighted by Crippen LogP contribution is 2.33. The standard InChI is InChI=1S/C17H15ClN4O2S3/c1-8-13(26-15(20-8)10-3-5-11(18)6-4-10)14(24)22-17-21-9(2)16(27-17)25-7-12(19)23/h3-6H,7H2,1-2H3,(H2,19,23)(H,21,22,24). The van der Waals surface area contributed by atoms with Crippen molar-refractivity contribution in [1.82, 2.24) is 9.97 Å². The SMILES string of the molecule is Cc1nc(NC(=O)c2sc(-c3ccc(Cl)cc3)nc2C)sc1SCC(N)=O. The van der Waals surface area contributed by atoms with E-state index in [1.54, 1.807) is 19.1 Å². The lowest BCUT2D eigenvalue weighted by Crippen LogP contribution is -2.12. The topological polar surface area (TPSA) is 98.0 Å². The third-order valence-corrected chi connectivity index (χ3v) is 7.33. The molecule has 0 aliphatic heterocycles. The third kappa shape index (κ3) is 4.86. The van der Waals surface area contributed by atoms with Gasteiger partial charge in [-0.3, -0.25) is 14.9 Å². The van der Waals surface area contributed by atoms with E-state index in [0.29, 0.717) is 20.7 Å². The number of nitrogens with two attached hydrogens (primary N) is 1. The Morgan fingerprint density at radius 1 is 1.15 bits per heavy atom. The first-order chi connectivity index (χ1) is 12.8. The van der Waals surface area contributed by atoms with Crippen molar-refractivity contribution in [2.45, 2.75) is 18.1 Å². The van der Waals surface area contributed by atoms with Crippen LogP contribution in [0.1, 0.15) is 21.1 Å². The first-order valence-electron chi connectivity index (χ1n) is 7.76. The maximum Gasteiger partial charge on any atom is 0.269 e. The number of nitrogens with zero attached hydrogens (tertiary/aromatic N) is 2. The van der Waals surface area contributed by atoms with Crippen LogP contribution in [0, 0.1) is 13.8 Å². The summed E-state index contributed by atoms with van der Waals surface area (Å²) >= 11 is 9.86. The van der Waals surface area contributed by atoms with Crippen molar-refractivity contribution < 1.29 is 9.59 Å². The molecule has 0 aliphatic rings. The van der Waals surface area contributed by atoms with Crippen molar-refractivity contribution in [3.63, 3.8) is 0 Å². The molecule has 10 heteroatoms. The molecule has 0 saturated heterocycles. The van der Waals surface area contributed by atoms with Gasteiger partial charge in [0.15, 0.2) is 5.13 Å². The summed E-state index contributed by atoms with van der Waals surface area (Å²) in [5.74, 6) is -0.478. The second-order valence-corrected chi connectivity index (χ2v) is 9.22. The summed E-state index contributed by atoms with van der Waals surface area (Å²) < 4.78 is 0.854. The minimum absolute atomic E-state index is 0.175. The molecular weight excluding hydrogens is 424 g/mol. The molecule has 0 aliphatic carbocycles. The first kappa shape index (κ1) is 19.8. The number of thiazole rings is 2. The number of nitrogens with one attached hydrogen (secondary N) is 1. The summed E-state index contributed by atoms with van der Waals surface area (Å²) in [6.45, 7) is 3.62. The quantitative estimate of drug-likeness (QED) is 0.557. The van der Waals surface area contributed by atoms with E-state index in [1.807, 2.05) is 19.1 Å². The molecule has 0 saturated carbocycles. The Hall–Kier alpha value is -1.94. The summed E-state index contributed by atoms with van der Waals surface area (Å²) in [7, 11) is 0. The van der Waals surface area contributed by atoms with Crippen molar-refractivity contribution in [3.8, 4) is 10.6 Å². The van der Waals surface area contributed by atoms with E-state index in [2.05, 4.69) is 15.3 Å². The van der Waals surface area contributed by atoms with Gasteiger partial charge < -0.3 is 5.73 Å². The fraction of sp³-hybridized carbons (Fsp3) is 0.176. The van der Waals surface area contributed by atoms with Crippen LogP contribution in [-0.2, 0) is 4.79 Å². The number of hydrogen-bond donors (Lipinski definition) is 2. The number of carbonyl (C=O) groups excluding carboxylic acids is 2. The van der Waals surface area contributed by atoms with Crippen LogP contribution in [-0.4, -0.2) is 27.5 Å². The van der Waals surface area contributed by atoms with Crippen LogP contribution in [0.2, 0.25) is 5.02 Å². The molecule has 6 nitrogen and oxygen atoms in total. The van der Waals surface area contributed by atoms with Crippen LogP contribution < -0.4 is 11.1 Å². The second kappa shape index (κ2) is 8.39. The predicted molar refractivity (Wildman–Crippen MR) is 112 cm³/mol. The number of hydrogen-bond acceptors (Lipinski definition) is 7. The molecule has 0 atom stereocenters. The molecule has 0 radical (unpaired) electrons. The number of aromatic nitrogens is 2. The number of aryl methyl sites for hydroxylation is 2. The van der Waals surface area contributed by atoms with Gasteiger partial charge in [-0.2, -0.15) is 0 Å². The molecule has 3 rings (SSSR count). The first-order valence-corrected chi connectivity index (χ1v) is 10.8. The largest absolute Gasteiger partial charge is 0.369 e. The number of amides is 2. The Bertz CT molecular complexity index is 998. The number of thioether (sulfide) groups is 1. The van der Waals surface area contributed by atoms with Crippen LogP contribution in [0.3, 0.4) is 0 Å². The van der Waals surface area contributed by atoms with Crippen molar-refractivity contribution in [2.24, 2.45) is 5.73 Å². The molecule has 140 valence electrons. The van der Waals surface area contributed by atoms with E-state index < -0.39 is 5.91 Å². The van der Waals surface area contributed by atoms with Crippen LogP contribution in [0.15, 0.2) is 28.5 Å². The molecule has 0 unspecified atom stereocenters. The van der Waals surface area contributed by atoms with Gasteiger partial charge in [-0.1, -0.05) is 35.1 Å². The van der Waals surface area contributed by atoms with Gasteiger partial charge in [0.05, 0.1) is 21.3 Å². The predicted octanol–water partition coefficient (Wildman–Crippen LogP) is 4.37. The van der Waals surface area contributed by atoms with Crippen molar-refractivity contribution in [1.29, 1.82) is 0 Å². The zero-order chi connectivity index (χ0) is 19.6. The maximum atomic E-state index is 12.6. The summed E-state index contributed by atoms with van der Waals surface area (Å²) in [6, 6.07) is 7.32. The number of halogens is 1. The summed E-state index contributed by atoms with van der Waals surface area (Å²) in [5.41, 5.74) is 7.48. The van der Waals surface area contributed by atoms with Crippen molar-refractivity contribution >= 4 is 63.0 Å². The Morgan fingerprint density at radius 3 is 2.52 bits per heavy atom. The zero-order valence-electron chi connectivity index (χ0n) is 14.4. The Morgan fingerprint density at radius 2 is 1.85 bits per heavy atom. The lowest BCUT2D eigenvalue weighted by molar-refractivity contribution is -0.115. The van der Waals surface area contributed by atoms with Gasteiger partial charge in [-0.05, 0) is 26.0 Å². The smallest absolute Gasteiger partial charge is 0.269 e. The molecule has 0 spiro atoms. The number of rotatable bonds is 6. The summed E-state index contributed by atoms with van der Waals surface area (Å²) in [4.78, 5) is 32.9. The molecule has 3 N–H and O–H groups in total. The van der Waals surface area contributed by atoms with E-state index in [9.17, 15) is 9.59 Å². The molecule has 0 bridgehead atoms. The highest BCUT2D eigenvalue weighted by molar-refractivity contribution is 8.01. The van der Waals surface area contributed by atoms with E-state index in [0.717, 1.165) is 20.5 Å². The molecule has 1 aromatic carbocycles. The Labute approximate surface area is 173 Å². The van der Waals surface area contributed by atoms with E-state index in [4.69, 9.17) is 17.3 Å². The Balaban J connectivity index is 1.76. The normalized spacial score (nSPS) is 10.8. The number of carbonyl (C=O) groups is 2. The van der Waals surface area contributed by atoms with Crippen LogP contribution in [0.25, 0.3) is 10.6 Å². The van der Waals surface area contributed by atoms with Gasteiger partial charge in [0.1, 0.15) is 9.88 Å². The summed E-state index contributed by atoms with van der Waals surface area (Å²) in [5, 5.41) is 4.69. The molecule has 27 heavy (non-hydrogen) atoms. The highest BCUT2D eigenvalue weighted by atomic mass is 35.5. The van der Waals surface area contributed by atoms with Gasteiger partial charge in [-0.15, -0.1) is 23.1 Å². The fourth-order valence-electron chi connectivity index (χ4n) is 2.18. The molecule has 2 amide bonds. The molecular formula is C17H15ClN4O2S3. The number of benzene rings is 1. The highest BCUT2D eigenvalue weighted by Gasteiger charge is 2.18. The molecule has 2 heterocycles. The molecule has 0 fully saturated rings. The van der Waals surface area contributed by atoms with Gasteiger partial charge in [0, 0.05) is 10.6 Å². The lowest BCUT2D eigenvalue weighted by atomic mass is 10.2. The van der Waals surface area contributed by atoms with Gasteiger partial charge in [-0.25, -0.2) is 9.97 Å². The summed E-state index contributed by atoms with van der Waals surface area (Å²) in [6.07, 6.45) is 0. The van der Waals surface area contributed by atoms with E-state index >= 15 is 0 Å². The zero-order valence-corrected chi connectivity index (χ0v) is 17.6. The van der Waals surface area contributed by atoms with E-state index in [1.165, 1.54) is 34.4 Å². The molecule has 3 aromatic rings. The van der Waals surface area contributed by atoms with Crippen molar-refractivity contribution in [2.75, 3.05) is 11.1 Å².